The minimum absolute atomic E-state index is 0.0310. The highest BCUT2D eigenvalue weighted by Gasteiger charge is 2.34. The van der Waals surface area contributed by atoms with Crippen molar-refractivity contribution in [2.75, 3.05) is 13.7 Å². The summed E-state index contributed by atoms with van der Waals surface area (Å²) in [6.07, 6.45) is -0.423. The standard InChI is InChI=1S/C28H29N3O4/c1-18(27(32)30-26-16-25(35-31(26)2)19-10-4-3-5-11-19)29-28(33)34-17-24-22-14-8-6-12-20(22)21-13-7-9-15-23(21)24/h3-15,18,24-26H,16-17H2,1-2H3,(H,29,33)(H,30,32)/t18-,25+,26+/m0/s1. The van der Waals surface area contributed by atoms with E-state index in [1.165, 1.54) is 11.1 Å². The molecule has 0 unspecified atom stereocenters. The lowest BCUT2D eigenvalue weighted by atomic mass is 9.98. The van der Waals surface area contributed by atoms with E-state index >= 15 is 0 Å². The van der Waals surface area contributed by atoms with E-state index in [0.29, 0.717) is 6.42 Å². The van der Waals surface area contributed by atoms with Crippen molar-refractivity contribution in [3.63, 3.8) is 0 Å². The van der Waals surface area contributed by atoms with Gasteiger partial charge < -0.3 is 15.4 Å². The lowest BCUT2D eigenvalue weighted by molar-refractivity contribution is -0.154. The number of alkyl carbamates (subject to hydrolysis) is 1. The van der Waals surface area contributed by atoms with Crippen molar-refractivity contribution in [3.8, 4) is 11.1 Å². The molecule has 1 saturated heterocycles. The first-order valence-electron chi connectivity index (χ1n) is 11.9. The molecule has 35 heavy (non-hydrogen) atoms. The van der Waals surface area contributed by atoms with Crippen LogP contribution in [0.4, 0.5) is 4.79 Å². The van der Waals surface area contributed by atoms with Crippen molar-refractivity contribution in [1.29, 1.82) is 0 Å². The topological polar surface area (TPSA) is 79.9 Å². The maximum Gasteiger partial charge on any atom is 0.407 e. The molecule has 1 fully saturated rings. The van der Waals surface area contributed by atoms with Crippen LogP contribution in [0.15, 0.2) is 78.9 Å². The van der Waals surface area contributed by atoms with Crippen molar-refractivity contribution in [2.45, 2.75) is 37.6 Å². The molecule has 7 heteroatoms. The number of nitrogens with one attached hydrogen (secondary N) is 2. The van der Waals surface area contributed by atoms with Gasteiger partial charge in [-0.25, -0.2) is 4.79 Å². The summed E-state index contributed by atoms with van der Waals surface area (Å²) in [5, 5.41) is 7.25. The Morgan fingerprint density at radius 2 is 1.57 bits per heavy atom. The van der Waals surface area contributed by atoms with Gasteiger partial charge in [-0.1, -0.05) is 78.9 Å². The van der Waals surface area contributed by atoms with E-state index < -0.39 is 12.1 Å². The summed E-state index contributed by atoms with van der Waals surface area (Å²) < 4.78 is 5.56. The number of carbonyl (C=O) groups is 2. The molecule has 5 rings (SSSR count). The third-order valence-electron chi connectivity index (χ3n) is 6.72. The Hall–Kier alpha value is -3.68. The first kappa shape index (κ1) is 23.1. The molecule has 7 nitrogen and oxygen atoms in total. The van der Waals surface area contributed by atoms with Gasteiger partial charge >= 0.3 is 6.09 Å². The van der Waals surface area contributed by atoms with Crippen LogP contribution < -0.4 is 10.6 Å². The summed E-state index contributed by atoms with van der Waals surface area (Å²) in [7, 11) is 1.79. The first-order chi connectivity index (χ1) is 17.0. The summed E-state index contributed by atoms with van der Waals surface area (Å²) in [5.74, 6) is -0.329. The molecule has 0 radical (unpaired) electrons. The fourth-order valence-corrected chi connectivity index (χ4v) is 4.85. The van der Waals surface area contributed by atoms with E-state index in [-0.39, 0.29) is 30.7 Å². The molecule has 0 bridgehead atoms. The average molecular weight is 472 g/mol. The predicted octanol–water partition coefficient (Wildman–Crippen LogP) is 4.36. The van der Waals surface area contributed by atoms with Crippen molar-refractivity contribution in [1.82, 2.24) is 15.7 Å². The van der Waals surface area contributed by atoms with E-state index in [0.717, 1.165) is 16.7 Å². The van der Waals surface area contributed by atoms with Gasteiger partial charge in [0.1, 0.15) is 24.9 Å². The van der Waals surface area contributed by atoms with Crippen molar-refractivity contribution < 1.29 is 19.2 Å². The zero-order valence-electron chi connectivity index (χ0n) is 19.8. The lowest BCUT2D eigenvalue weighted by Gasteiger charge is -2.21. The Balaban J connectivity index is 1.14. The summed E-state index contributed by atoms with van der Waals surface area (Å²) in [6.45, 7) is 1.84. The predicted molar refractivity (Wildman–Crippen MR) is 132 cm³/mol. The third kappa shape index (κ3) is 4.78. The second kappa shape index (κ2) is 9.90. The van der Waals surface area contributed by atoms with Gasteiger partial charge in [-0.15, -0.1) is 0 Å². The summed E-state index contributed by atoms with van der Waals surface area (Å²) in [4.78, 5) is 31.2. The van der Waals surface area contributed by atoms with Gasteiger partial charge in [-0.05, 0) is 34.7 Å². The number of fused-ring (bicyclic) bond motifs is 3. The van der Waals surface area contributed by atoms with Crippen LogP contribution >= 0.6 is 0 Å². The van der Waals surface area contributed by atoms with E-state index in [1.807, 2.05) is 54.6 Å². The molecule has 3 aromatic rings. The van der Waals surface area contributed by atoms with Gasteiger partial charge in [0, 0.05) is 19.4 Å². The molecule has 2 N–H and O–H groups in total. The van der Waals surface area contributed by atoms with Crippen LogP contribution in [0.5, 0.6) is 0 Å². The highest BCUT2D eigenvalue weighted by Crippen LogP contribution is 2.44. The molecule has 1 aliphatic carbocycles. The zero-order chi connectivity index (χ0) is 24.4. The van der Waals surface area contributed by atoms with Gasteiger partial charge in [0.15, 0.2) is 0 Å². The molecule has 0 spiro atoms. The largest absolute Gasteiger partial charge is 0.449 e. The molecule has 3 aromatic carbocycles. The Kier molecular flexibility index (Phi) is 6.53. The van der Waals surface area contributed by atoms with Gasteiger partial charge in [-0.2, -0.15) is 5.06 Å². The number of ether oxygens (including phenoxy) is 1. The number of amides is 2. The van der Waals surface area contributed by atoms with E-state index in [9.17, 15) is 9.59 Å². The van der Waals surface area contributed by atoms with Crippen LogP contribution in [0.2, 0.25) is 0 Å². The number of nitrogens with zero attached hydrogens (tertiary/aromatic N) is 1. The minimum Gasteiger partial charge on any atom is -0.449 e. The molecule has 2 aliphatic rings. The van der Waals surface area contributed by atoms with Gasteiger partial charge in [-0.3, -0.25) is 9.63 Å². The van der Waals surface area contributed by atoms with E-state index in [4.69, 9.17) is 9.57 Å². The maximum atomic E-state index is 12.7. The number of benzene rings is 3. The number of rotatable bonds is 6. The molecule has 1 heterocycles. The van der Waals surface area contributed by atoms with Crippen molar-refractivity contribution >= 4 is 12.0 Å². The Morgan fingerprint density at radius 1 is 0.971 bits per heavy atom. The fraction of sp³-hybridized carbons (Fsp3) is 0.286. The number of carbonyl (C=O) groups excluding carboxylic acids is 2. The quantitative estimate of drug-likeness (QED) is 0.558. The molecule has 180 valence electrons. The summed E-state index contributed by atoms with van der Waals surface area (Å²) in [5.41, 5.74) is 5.68. The molecule has 0 aromatic heterocycles. The highest BCUT2D eigenvalue weighted by molar-refractivity contribution is 5.85. The van der Waals surface area contributed by atoms with Crippen LogP contribution in [0.25, 0.3) is 11.1 Å². The second-order valence-electron chi connectivity index (χ2n) is 9.00. The number of hydroxylamine groups is 2. The Bertz CT molecular complexity index is 1170. The summed E-state index contributed by atoms with van der Waals surface area (Å²) >= 11 is 0. The smallest absolute Gasteiger partial charge is 0.407 e. The summed E-state index contributed by atoms with van der Waals surface area (Å²) in [6, 6.07) is 25.5. The van der Waals surface area contributed by atoms with Crippen LogP contribution in [-0.2, 0) is 14.4 Å². The van der Waals surface area contributed by atoms with Crippen LogP contribution in [0, 0.1) is 0 Å². The molecule has 1 aliphatic heterocycles. The van der Waals surface area contributed by atoms with Gasteiger partial charge in [0.05, 0.1) is 0 Å². The van der Waals surface area contributed by atoms with Crippen molar-refractivity contribution in [3.05, 3.63) is 95.6 Å². The number of hydrogen-bond donors (Lipinski definition) is 2. The average Bonchev–Trinajstić information content (AvgIpc) is 3.40. The fourth-order valence-electron chi connectivity index (χ4n) is 4.85. The van der Waals surface area contributed by atoms with Gasteiger partial charge in [0.25, 0.3) is 0 Å². The SMILES string of the molecule is C[C@H](NC(=O)OCC1c2ccccc2-c2ccccc21)C(=O)N[C@H]1C[C@H](c2ccccc2)ON1C. The molecule has 3 atom stereocenters. The number of hydrogen-bond acceptors (Lipinski definition) is 5. The zero-order valence-corrected chi connectivity index (χ0v) is 19.8. The van der Waals surface area contributed by atoms with Crippen LogP contribution in [-0.4, -0.2) is 42.9 Å². The van der Waals surface area contributed by atoms with Crippen LogP contribution in [0.3, 0.4) is 0 Å². The normalized spacial score (nSPS) is 20.1. The van der Waals surface area contributed by atoms with E-state index in [1.54, 1.807) is 19.0 Å². The minimum atomic E-state index is -0.755. The first-order valence-corrected chi connectivity index (χ1v) is 11.9. The molecular weight excluding hydrogens is 442 g/mol. The molecule has 2 amide bonds. The van der Waals surface area contributed by atoms with Crippen molar-refractivity contribution in [2.24, 2.45) is 0 Å². The van der Waals surface area contributed by atoms with Crippen LogP contribution in [0.1, 0.15) is 42.1 Å². The Morgan fingerprint density at radius 3 is 2.23 bits per heavy atom. The molecule has 0 saturated carbocycles. The lowest BCUT2D eigenvalue weighted by Crippen LogP contribution is -2.50. The Labute approximate surface area is 205 Å². The highest BCUT2D eigenvalue weighted by atomic mass is 16.7. The maximum absolute atomic E-state index is 12.7. The second-order valence-corrected chi connectivity index (χ2v) is 9.00. The third-order valence-corrected chi connectivity index (χ3v) is 6.72. The van der Waals surface area contributed by atoms with E-state index in [2.05, 4.69) is 34.9 Å². The van der Waals surface area contributed by atoms with Gasteiger partial charge in [0.2, 0.25) is 5.91 Å². The molecular formula is C28H29N3O4. The monoisotopic (exact) mass is 471 g/mol.